The molecule has 0 spiro atoms. The predicted molar refractivity (Wildman–Crippen MR) is 81.2 cm³/mol. The van der Waals surface area contributed by atoms with Gasteiger partial charge in [-0.25, -0.2) is 14.8 Å². The highest BCUT2D eigenvalue weighted by Gasteiger charge is 2.24. The number of carbonyl (C=O) groups excluding carboxylic acids is 1. The maximum absolute atomic E-state index is 12.4. The lowest BCUT2D eigenvalue weighted by molar-refractivity contribution is 0.196. The Hall–Kier alpha value is -1.65. The molecule has 1 aliphatic carbocycles. The fraction of sp³-hybridized carbons (Fsp3) is 0.688. The number of hydrogen-bond acceptors (Lipinski definition) is 3. The van der Waals surface area contributed by atoms with E-state index in [1.54, 1.807) is 6.33 Å². The van der Waals surface area contributed by atoms with Crippen LogP contribution in [0.4, 0.5) is 4.79 Å². The summed E-state index contributed by atoms with van der Waals surface area (Å²) in [5, 5.41) is 3.18. The van der Waals surface area contributed by atoms with Gasteiger partial charge in [-0.05, 0) is 31.2 Å². The molecule has 2 aliphatic rings. The summed E-state index contributed by atoms with van der Waals surface area (Å²) in [6.07, 6.45) is 9.04. The van der Waals surface area contributed by atoms with Gasteiger partial charge in [0, 0.05) is 36.9 Å². The first-order valence-corrected chi connectivity index (χ1v) is 8.15. The topological polar surface area (TPSA) is 58.1 Å². The van der Waals surface area contributed by atoms with Crippen molar-refractivity contribution in [2.24, 2.45) is 0 Å². The van der Waals surface area contributed by atoms with Crippen LogP contribution < -0.4 is 5.32 Å². The van der Waals surface area contributed by atoms with Gasteiger partial charge in [0.05, 0.1) is 0 Å². The predicted octanol–water partition coefficient (Wildman–Crippen LogP) is 2.09. The number of aromatic nitrogens is 2. The van der Waals surface area contributed by atoms with E-state index in [1.807, 2.05) is 4.90 Å². The van der Waals surface area contributed by atoms with Gasteiger partial charge in [-0.15, -0.1) is 0 Å². The summed E-state index contributed by atoms with van der Waals surface area (Å²) < 4.78 is 0. The third-order valence-electron chi connectivity index (χ3n) is 4.68. The van der Waals surface area contributed by atoms with Crippen molar-refractivity contribution < 1.29 is 4.79 Å². The minimum atomic E-state index is 0.0979. The zero-order valence-electron chi connectivity index (χ0n) is 12.8. The number of nitrogens with zero attached hydrogens (tertiary/aromatic N) is 3. The van der Waals surface area contributed by atoms with Crippen LogP contribution in [-0.2, 0) is 19.3 Å². The molecule has 0 radical (unpaired) electrons. The quantitative estimate of drug-likeness (QED) is 0.906. The number of nitrogens with one attached hydrogen (secondary N) is 1. The van der Waals surface area contributed by atoms with Crippen molar-refractivity contribution in [2.45, 2.75) is 57.9 Å². The molecular weight excluding hydrogens is 264 g/mol. The zero-order chi connectivity index (χ0) is 14.7. The molecule has 1 N–H and O–H groups in total. The molecule has 1 saturated carbocycles. The van der Waals surface area contributed by atoms with E-state index in [0.717, 1.165) is 56.6 Å². The van der Waals surface area contributed by atoms with Crippen LogP contribution in [-0.4, -0.2) is 40.0 Å². The van der Waals surface area contributed by atoms with Crippen molar-refractivity contribution in [3.05, 3.63) is 23.3 Å². The molecule has 0 aromatic carbocycles. The molecule has 0 bridgehead atoms. The lowest BCUT2D eigenvalue weighted by atomic mass is 10.1. The number of carbonyl (C=O) groups is 1. The highest BCUT2D eigenvalue weighted by atomic mass is 16.2. The van der Waals surface area contributed by atoms with Gasteiger partial charge in [0.1, 0.15) is 6.33 Å². The number of amides is 2. The highest BCUT2D eigenvalue weighted by molar-refractivity contribution is 5.74. The van der Waals surface area contributed by atoms with E-state index in [0.29, 0.717) is 6.04 Å². The molecule has 21 heavy (non-hydrogen) atoms. The normalized spacial score (nSPS) is 19.2. The van der Waals surface area contributed by atoms with E-state index >= 15 is 0 Å². The van der Waals surface area contributed by atoms with E-state index in [2.05, 4.69) is 22.2 Å². The third kappa shape index (κ3) is 3.17. The summed E-state index contributed by atoms with van der Waals surface area (Å²) >= 11 is 0. The van der Waals surface area contributed by atoms with Gasteiger partial charge in [0.2, 0.25) is 0 Å². The Morgan fingerprint density at radius 2 is 2.05 bits per heavy atom. The summed E-state index contributed by atoms with van der Waals surface area (Å²) in [5.41, 5.74) is 3.52. The van der Waals surface area contributed by atoms with E-state index in [1.165, 1.54) is 18.4 Å². The first-order valence-electron chi connectivity index (χ1n) is 8.15. The molecule has 1 fully saturated rings. The zero-order valence-corrected chi connectivity index (χ0v) is 12.8. The van der Waals surface area contributed by atoms with Gasteiger partial charge >= 0.3 is 6.03 Å². The van der Waals surface area contributed by atoms with Crippen molar-refractivity contribution in [3.8, 4) is 0 Å². The number of fused-ring (bicyclic) bond motifs is 1. The van der Waals surface area contributed by atoms with Gasteiger partial charge < -0.3 is 10.2 Å². The van der Waals surface area contributed by atoms with Gasteiger partial charge in [-0.3, -0.25) is 0 Å². The Morgan fingerprint density at radius 3 is 2.81 bits per heavy atom. The Morgan fingerprint density at radius 1 is 1.29 bits per heavy atom. The van der Waals surface area contributed by atoms with Gasteiger partial charge in [0.25, 0.3) is 0 Å². The third-order valence-corrected chi connectivity index (χ3v) is 4.68. The van der Waals surface area contributed by atoms with Crippen LogP contribution in [0.3, 0.4) is 0 Å². The standard InChI is InChI=1S/C16H24N4O/c1-2-14-13-7-9-20(10-8-15(13)18-11-17-14)16(21)19-12-5-3-4-6-12/h11-12H,2-10H2,1H3,(H,19,21). The van der Waals surface area contributed by atoms with Crippen LogP contribution in [0.1, 0.15) is 49.6 Å². The largest absolute Gasteiger partial charge is 0.335 e. The van der Waals surface area contributed by atoms with Crippen molar-refractivity contribution in [3.63, 3.8) is 0 Å². The Kier molecular flexibility index (Phi) is 4.36. The van der Waals surface area contributed by atoms with E-state index < -0.39 is 0 Å². The van der Waals surface area contributed by atoms with Crippen molar-refractivity contribution >= 4 is 6.03 Å². The number of hydrogen-bond donors (Lipinski definition) is 1. The van der Waals surface area contributed by atoms with Gasteiger partial charge in [-0.2, -0.15) is 0 Å². The second-order valence-electron chi connectivity index (χ2n) is 6.02. The molecule has 0 saturated heterocycles. The molecule has 0 unspecified atom stereocenters. The minimum absolute atomic E-state index is 0.0979. The first-order chi connectivity index (χ1) is 10.3. The number of rotatable bonds is 2. The number of aryl methyl sites for hydroxylation is 1. The van der Waals surface area contributed by atoms with E-state index in [9.17, 15) is 4.79 Å². The monoisotopic (exact) mass is 288 g/mol. The van der Waals surface area contributed by atoms with E-state index in [-0.39, 0.29) is 6.03 Å². The number of urea groups is 1. The van der Waals surface area contributed by atoms with Crippen LogP contribution in [0.2, 0.25) is 0 Å². The highest BCUT2D eigenvalue weighted by Crippen LogP contribution is 2.19. The van der Waals surface area contributed by atoms with Crippen LogP contribution >= 0.6 is 0 Å². The van der Waals surface area contributed by atoms with Crippen molar-refractivity contribution in [1.29, 1.82) is 0 Å². The Balaban J connectivity index is 1.65. The lowest BCUT2D eigenvalue weighted by Gasteiger charge is -2.23. The van der Waals surface area contributed by atoms with Gasteiger partial charge in [0.15, 0.2) is 0 Å². The molecule has 1 aliphatic heterocycles. The Labute approximate surface area is 126 Å². The van der Waals surface area contributed by atoms with Crippen LogP contribution in [0.5, 0.6) is 0 Å². The molecule has 1 aromatic heterocycles. The Bertz CT molecular complexity index is 511. The summed E-state index contributed by atoms with van der Waals surface area (Å²) in [7, 11) is 0. The molecule has 0 atom stereocenters. The van der Waals surface area contributed by atoms with Crippen LogP contribution in [0.15, 0.2) is 6.33 Å². The second kappa shape index (κ2) is 6.41. The average molecular weight is 288 g/mol. The summed E-state index contributed by atoms with van der Waals surface area (Å²) in [4.78, 5) is 23.1. The summed E-state index contributed by atoms with van der Waals surface area (Å²) in [6, 6.07) is 0.481. The molecular formula is C16H24N4O. The summed E-state index contributed by atoms with van der Waals surface area (Å²) in [6.45, 7) is 3.65. The van der Waals surface area contributed by atoms with Crippen LogP contribution in [0.25, 0.3) is 0 Å². The first kappa shape index (κ1) is 14.3. The van der Waals surface area contributed by atoms with Crippen LogP contribution in [0, 0.1) is 0 Å². The molecule has 2 heterocycles. The van der Waals surface area contributed by atoms with Gasteiger partial charge in [-0.1, -0.05) is 19.8 Å². The fourth-order valence-corrected chi connectivity index (χ4v) is 3.44. The van der Waals surface area contributed by atoms with Crippen molar-refractivity contribution in [2.75, 3.05) is 13.1 Å². The molecule has 114 valence electrons. The van der Waals surface area contributed by atoms with Crippen molar-refractivity contribution in [1.82, 2.24) is 20.2 Å². The molecule has 1 aromatic rings. The second-order valence-corrected chi connectivity index (χ2v) is 6.02. The average Bonchev–Trinajstić information content (AvgIpc) is 2.90. The lowest BCUT2D eigenvalue weighted by Crippen LogP contribution is -2.45. The maximum Gasteiger partial charge on any atom is 0.317 e. The maximum atomic E-state index is 12.4. The van der Waals surface area contributed by atoms with E-state index in [4.69, 9.17) is 0 Å². The SMILES string of the molecule is CCc1ncnc2c1CCN(C(=O)NC1CCCC1)CC2. The fourth-order valence-electron chi connectivity index (χ4n) is 3.44. The molecule has 5 heteroatoms. The molecule has 5 nitrogen and oxygen atoms in total. The molecule has 3 rings (SSSR count). The molecule has 2 amide bonds. The summed E-state index contributed by atoms with van der Waals surface area (Å²) in [5.74, 6) is 0. The minimum Gasteiger partial charge on any atom is -0.335 e. The smallest absolute Gasteiger partial charge is 0.317 e.